The Bertz CT molecular complexity index is 922. The molecule has 0 unspecified atom stereocenters. The molecule has 2 aromatic rings. The molecular weight excluding hydrogens is 399 g/mol. The van der Waals surface area contributed by atoms with Crippen LogP contribution in [0.25, 0.3) is 0 Å². The minimum atomic E-state index is -0.882. The molecule has 1 saturated heterocycles. The van der Waals surface area contributed by atoms with Crippen molar-refractivity contribution in [3.8, 4) is 0 Å². The lowest BCUT2D eigenvalue weighted by molar-refractivity contribution is -0.138. The highest BCUT2D eigenvalue weighted by molar-refractivity contribution is 5.96. The van der Waals surface area contributed by atoms with E-state index in [0.29, 0.717) is 37.8 Å². The second-order valence-corrected chi connectivity index (χ2v) is 6.91. The summed E-state index contributed by atoms with van der Waals surface area (Å²) in [6.07, 6.45) is 0.147. The Kier molecular flexibility index (Phi) is 6.71. The van der Waals surface area contributed by atoms with Gasteiger partial charge in [0.05, 0.1) is 13.0 Å². The van der Waals surface area contributed by atoms with Gasteiger partial charge in [0, 0.05) is 37.8 Å². The van der Waals surface area contributed by atoms with E-state index in [1.54, 1.807) is 17.0 Å². The van der Waals surface area contributed by atoms with Crippen molar-refractivity contribution >= 4 is 17.7 Å². The van der Waals surface area contributed by atoms with Gasteiger partial charge in [0.15, 0.2) is 0 Å². The molecule has 1 aliphatic heterocycles. The molecule has 0 spiro atoms. The van der Waals surface area contributed by atoms with E-state index in [1.807, 2.05) is 0 Å². The first-order valence-electron chi connectivity index (χ1n) is 9.36. The van der Waals surface area contributed by atoms with E-state index in [2.05, 4.69) is 5.32 Å². The summed E-state index contributed by atoms with van der Waals surface area (Å²) >= 11 is 0. The summed E-state index contributed by atoms with van der Waals surface area (Å²) in [5.41, 5.74) is 0.493. The van der Waals surface area contributed by atoms with Crippen molar-refractivity contribution < 1.29 is 27.6 Å². The first-order chi connectivity index (χ1) is 14.3. The largest absolute Gasteiger partial charge is 0.343 e. The number of amides is 3. The molecule has 158 valence electrons. The zero-order valence-corrected chi connectivity index (χ0v) is 16.0. The van der Waals surface area contributed by atoms with Crippen molar-refractivity contribution in [1.29, 1.82) is 0 Å². The van der Waals surface area contributed by atoms with Crippen LogP contribution >= 0.6 is 0 Å². The minimum Gasteiger partial charge on any atom is -0.343 e. The maximum Gasteiger partial charge on any atom is 0.251 e. The smallest absolute Gasteiger partial charge is 0.251 e. The molecule has 3 amide bonds. The summed E-state index contributed by atoms with van der Waals surface area (Å²) in [5, 5.41) is 2.35. The van der Waals surface area contributed by atoms with Crippen molar-refractivity contribution in [3.05, 3.63) is 71.0 Å². The van der Waals surface area contributed by atoms with Gasteiger partial charge < -0.3 is 15.1 Å². The monoisotopic (exact) mass is 419 g/mol. The van der Waals surface area contributed by atoms with Gasteiger partial charge in [-0.15, -0.1) is 0 Å². The molecule has 0 aromatic heterocycles. The van der Waals surface area contributed by atoms with Gasteiger partial charge in [0.25, 0.3) is 5.91 Å². The molecule has 2 aromatic carbocycles. The van der Waals surface area contributed by atoms with E-state index < -0.39 is 17.5 Å². The molecule has 6 nitrogen and oxygen atoms in total. The number of carbonyl (C=O) groups excluding carboxylic acids is 3. The molecule has 1 N–H and O–H groups in total. The second kappa shape index (κ2) is 9.43. The predicted molar refractivity (Wildman–Crippen MR) is 102 cm³/mol. The van der Waals surface area contributed by atoms with Crippen LogP contribution in [0, 0.1) is 17.5 Å². The SMILES string of the molecule is O=C(NCC(=O)N1CCN(C(=O)Cc2ccc(F)cc2)CC1)c1cc(F)cc(F)c1. The molecule has 9 heteroatoms. The fraction of sp³-hybridized carbons (Fsp3) is 0.286. The zero-order chi connectivity index (χ0) is 21.7. The maximum absolute atomic E-state index is 13.2. The molecular formula is C21H20F3N3O3. The van der Waals surface area contributed by atoms with Crippen molar-refractivity contribution in [2.45, 2.75) is 6.42 Å². The molecule has 30 heavy (non-hydrogen) atoms. The van der Waals surface area contributed by atoms with Gasteiger partial charge in [-0.2, -0.15) is 0 Å². The number of piperazine rings is 1. The summed E-state index contributed by atoms with van der Waals surface area (Å²) in [6.45, 7) is 0.973. The fourth-order valence-corrected chi connectivity index (χ4v) is 3.15. The van der Waals surface area contributed by atoms with Gasteiger partial charge in [-0.1, -0.05) is 12.1 Å². The Hall–Kier alpha value is -3.36. The number of benzene rings is 2. The standard InChI is InChI=1S/C21H20F3N3O3/c22-16-3-1-14(2-4-16)9-19(28)26-5-7-27(8-6-26)20(29)13-25-21(30)15-10-17(23)12-18(24)11-15/h1-4,10-12H,5-9,13H2,(H,25,30). The lowest BCUT2D eigenvalue weighted by atomic mass is 10.1. The van der Waals surface area contributed by atoms with E-state index in [9.17, 15) is 27.6 Å². The van der Waals surface area contributed by atoms with E-state index in [0.717, 1.165) is 12.1 Å². The maximum atomic E-state index is 13.2. The van der Waals surface area contributed by atoms with E-state index >= 15 is 0 Å². The van der Waals surface area contributed by atoms with Crippen LogP contribution in [-0.2, 0) is 16.0 Å². The summed E-state index contributed by atoms with van der Waals surface area (Å²) in [6, 6.07) is 8.12. The summed E-state index contributed by atoms with van der Waals surface area (Å²) < 4.78 is 39.3. The molecule has 1 aliphatic rings. The minimum absolute atomic E-state index is 0.116. The number of hydrogen-bond acceptors (Lipinski definition) is 3. The molecule has 0 bridgehead atoms. The Morgan fingerprint density at radius 1 is 0.767 bits per heavy atom. The summed E-state index contributed by atoms with van der Waals surface area (Å²) in [5.74, 6) is -3.36. The third-order valence-corrected chi connectivity index (χ3v) is 4.78. The van der Waals surface area contributed by atoms with E-state index in [1.165, 1.54) is 17.0 Å². The van der Waals surface area contributed by atoms with Crippen molar-refractivity contribution in [2.24, 2.45) is 0 Å². The highest BCUT2D eigenvalue weighted by Gasteiger charge is 2.24. The Labute approximate surface area is 171 Å². The third-order valence-electron chi connectivity index (χ3n) is 4.78. The molecule has 0 radical (unpaired) electrons. The second-order valence-electron chi connectivity index (χ2n) is 6.91. The number of nitrogens with one attached hydrogen (secondary N) is 1. The number of halogens is 3. The van der Waals surface area contributed by atoms with Crippen molar-refractivity contribution in [1.82, 2.24) is 15.1 Å². The third kappa shape index (κ3) is 5.59. The van der Waals surface area contributed by atoms with Gasteiger partial charge in [-0.25, -0.2) is 13.2 Å². The molecule has 0 atom stereocenters. The van der Waals surface area contributed by atoms with Crippen molar-refractivity contribution in [3.63, 3.8) is 0 Å². The average molecular weight is 419 g/mol. The van der Waals surface area contributed by atoms with Gasteiger partial charge in [0.1, 0.15) is 17.5 Å². The Morgan fingerprint density at radius 2 is 1.30 bits per heavy atom. The highest BCUT2D eigenvalue weighted by atomic mass is 19.1. The molecule has 1 heterocycles. The predicted octanol–water partition coefficient (Wildman–Crippen LogP) is 1.75. The van der Waals surface area contributed by atoms with Crippen molar-refractivity contribution in [2.75, 3.05) is 32.7 Å². The number of carbonyl (C=O) groups is 3. The van der Waals surface area contributed by atoms with Gasteiger partial charge >= 0.3 is 0 Å². The lowest BCUT2D eigenvalue weighted by Crippen LogP contribution is -2.52. The Morgan fingerprint density at radius 3 is 1.87 bits per heavy atom. The van der Waals surface area contributed by atoms with Crippen LogP contribution in [0.15, 0.2) is 42.5 Å². The highest BCUT2D eigenvalue weighted by Crippen LogP contribution is 2.10. The quantitative estimate of drug-likeness (QED) is 0.803. The summed E-state index contributed by atoms with van der Waals surface area (Å²) in [4.78, 5) is 39.8. The lowest BCUT2D eigenvalue weighted by Gasteiger charge is -2.35. The van der Waals surface area contributed by atoms with Crippen LogP contribution in [-0.4, -0.2) is 60.2 Å². The number of nitrogens with zero attached hydrogens (tertiary/aromatic N) is 2. The fourth-order valence-electron chi connectivity index (χ4n) is 3.15. The van der Waals surface area contributed by atoms with Crippen LogP contribution in [0.2, 0.25) is 0 Å². The number of rotatable bonds is 5. The van der Waals surface area contributed by atoms with Gasteiger partial charge in [-0.05, 0) is 29.8 Å². The molecule has 1 fully saturated rings. The summed E-state index contributed by atoms with van der Waals surface area (Å²) in [7, 11) is 0. The van der Waals surface area contributed by atoms with Crippen LogP contribution in [0.1, 0.15) is 15.9 Å². The number of hydrogen-bond donors (Lipinski definition) is 1. The first-order valence-corrected chi connectivity index (χ1v) is 9.36. The first kappa shape index (κ1) is 21.4. The topological polar surface area (TPSA) is 69.7 Å². The zero-order valence-electron chi connectivity index (χ0n) is 16.0. The van der Waals surface area contributed by atoms with Gasteiger partial charge in [-0.3, -0.25) is 14.4 Å². The normalized spacial score (nSPS) is 13.8. The van der Waals surface area contributed by atoms with E-state index in [4.69, 9.17) is 0 Å². The molecule has 0 saturated carbocycles. The van der Waals surface area contributed by atoms with Gasteiger partial charge in [0.2, 0.25) is 11.8 Å². The average Bonchev–Trinajstić information content (AvgIpc) is 2.72. The molecule has 0 aliphatic carbocycles. The van der Waals surface area contributed by atoms with Crippen LogP contribution in [0.4, 0.5) is 13.2 Å². The van der Waals surface area contributed by atoms with E-state index in [-0.39, 0.29) is 36.2 Å². The van der Waals surface area contributed by atoms with Crippen LogP contribution in [0.5, 0.6) is 0 Å². The molecule has 3 rings (SSSR count). The Balaban J connectivity index is 1.45. The van der Waals surface area contributed by atoms with Crippen LogP contribution in [0.3, 0.4) is 0 Å². The van der Waals surface area contributed by atoms with Crippen LogP contribution < -0.4 is 5.32 Å².